The molecule has 0 radical (unpaired) electrons. The van der Waals surface area contributed by atoms with Gasteiger partial charge in [0, 0.05) is 24.4 Å². The van der Waals surface area contributed by atoms with E-state index in [9.17, 15) is 19.5 Å². The average molecular weight is 360 g/mol. The maximum Gasteiger partial charge on any atom is 0.326 e. The van der Waals surface area contributed by atoms with E-state index in [1.54, 1.807) is 24.3 Å². The first-order chi connectivity index (χ1) is 12.5. The SMILES string of the molecule is O=C(CC1CCCO1)Nc1cccc(C(=O)N2CCCCC2C(=O)O)c1. The van der Waals surface area contributed by atoms with Crippen molar-refractivity contribution < 1.29 is 24.2 Å². The largest absolute Gasteiger partial charge is 0.480 e. The normalized spacial score (nSPS) is 22.8. The Labute approximate surface area is 152 Å². The van der Waals surface area contributed by atoms with Crippen LogP contribution < -0.4 is 5.32 Å². The molecule has 140 valence electrons. The number of carboxylic acids is 1. The summed E-state index contributed by atoms with van der Waals surface area (Å²) in [7, 11) is 0. The first kappa shape index (κ1) is 18.4. The summed E-state index contributed by atoms with van der Waals surface area (Å²) in [5.41, 5.74) is 0.913. The molecule has 26 heavy (non-hydrogen) atoms. The Bertz CT molecular complexity index is 684. The van der Waals surface area contributed by atoms with Crippen LogP contribution in [0.3, 0.4) is 0 Å². The summed E-state index contributed by atoms with van der Waals surface area (Å²) >= 11 is 0. The fourth-order valence-corrected chi connectivity index (χ4v) is 3.55. The van der Waals surface area contributed by atoms with Gasteiger partial charge in [0.25, 0.3) is 5.91 Å². The molecule has 0 aromatic heterocycles. The lowest BCUT2D eigenvalue weighted by atomic mass is 10.0. The van der Waals surface area contributed by atoms with Crippen molar-refractivity contribution in [3.63, 3.8) is 0 Å². The maximum absolute atomic E-state index is 12.8. The molecule has 2 N–H and O–H groups in total. The summed E-state index contributed by atoms with van der Waals surface area (Å²) in [6.45, 7) is 1.13. The highest BCUT2D eigenvalue weighted by Gasteiger charge is 2.32. The van der Waals surface area contributed by atoms with Crippen molar-refractivity contribution in [3.8, 4) is 0 Å². The number of hydrogen-bond donors (Lipinski definition) is 2. The number of carbonyl (C=O) groups excluding carboxylic acids is 2. The Morgan fingerprint density at radius 3 is 2.77 bits per heavy atom. The van der Waals surface area contributed by atoms with Gasteiger partial charge in [0.05, 0.1) is 12.5 Å². The van der Waals surface area contributed by atoms with Crippen LogP contribution in [0.4, 0.5) is 5.69 Å². The maximum atomic E-state index is 12.8. The standard InChI is InChI=1S/C19H24N2O5/c22-17(12-15-7-4-10-26-15)20-14-6-3-5-13(11-14)18(23)21-9-2-1-8-16(21)19(24)25/h3,5-6,11,15-16H,1-2,4,7-10,12H2,(H,20,22)(H,24,25). The minimum Gasteiger partial charge on any atom is -0.480 e. The van der Waals surface area contributed by atoms with Gasteiger partial charge in [0.1, 0.15) is 6.04 Å². The molecular formula is C19H24N2O5. The van der Waals surface area contributed by atoms with Crippen molar-refractivity contribution in [2.75, 3.05) is 18.5 Å². The highest BCUT2D eigenvalue weighted by atomic mass is 16.5. The highest BCUT2D eigenvalue weighted by Crippen LogP contribution is 2.22. The number of benzene rings is 1. The van der Waals surface area contributed by atoms with E-state index in [-0.39, 0.29) is 17.9 Å². The van der Waals surface area contributed by atoms with Gasteiger partial charge in [-0.1, -0.05) is 6.07 Å². The molecule has 1 aromatic carbocycles. The molecule has 1 aromatic rings. The minimum absolute atomic E-state index is 0.0375. The molecule has 0 aliphatic carbocycles. The quantitative estimate of drug-likeness (QED) is 0.840. The second-order valence-corrected chi connectivity index (χ2v) is 6.82. The van der Waals surface area contributed by atoms with Gasteiger partial charge in [-0.25, -0.2) is 4.79 Å². The van der Waals surface area contributed by atoms with Gasteiger partial charge >= 0.3 is 5.97 Å². The minimum atomic E-state index is -0.973. The summed E-state index contributed by atoms with van der Waals surface area (Å²) in [5, 5.41) is 12.1. The summed E-state index contributed by atoms with van der Waals surface area (Å²) in [4.78, 5) is 37.7. The number of ether oxygens (including phenoxy) is 1. The molecule has 2 amide bonds. The van der Waals surface area contributed by atoms with Crippen LogP contribution in [0.5, 0.6) is 0 Å². The van der Waals surface area contributed by atoms with E-state index in [1.165, 1.54) is 4.90 Å². The number of piperidine rings is 1. The second kappa shape index (κ2) is 8.31. The Balaban J connectivity index is 1.66. The molecule has 0 saturated carbocycles. The van der Waals surface area contributed by atoms with Gasteiger partial charge in [0.15, 0.2) is 0 Å². The Morgan fingerprint density at radius 2 is 2.04 bits per heavy atom. The molecule has 2 aliphatic heterocycles. The smallest absolute Gasteiger partial charge is 0.326 e. The molecule has 3 rings (SSSR count). The van der Waals surface area contributed by atoms with Gasteiger partial charge in [-0.3, -0.25) is 9.59 Å². The number of nitrogens with zero attached hydrogens (tertiary/aromatic N) is 1. The van der Waals surface area contributed by atoms with Crippen LogP contribution in [0.2, 0.25) is 0 Å². The number of carboxylic acid groups (broad SMARTS) is 1. The zero-order chi connectivity index (χ0) is 18.5. The van der Waals surface area contributed by atoms with E-state index >= 15 is 0 Å². The first-order valence-corrected chi connectivity index (χ1v) is 9.10. The highest BCUT2D eigenvalue weighted by molar-refractivity contribution is 5.99. The zero-order valence-electron chi connectivity index (χ0n) is 14.6. The van der Waals surface area contributed by atoms with Gasteiger partial charge in [-0.15, -0.1) is 0 Å². The molecular weight excluding hydrogens is 336 g/mol. The fourth-order valence-electron chi connectivity index (χ4n) is 3.55. The van der Waals surface area contributed by atoms with E-state index in [2.05, 4.69) is 5.32 Å². The van der Waals surface area contributed by atoms with Crippen molar-refractivity contribution in [3.05, 3.63) is 29.8 Å². The van der Waals surface area contributed by atoms with Gasteiger partial charge in [-0.05, 0) is 50.3 Å². The third-order valence-corrected chi connectivity index (χ3v) is 4.88. The predicted molar refractivity (Wildman–Crippen MR) is 95.0 cm³/mol. The summed E-state index contributed by atoms with van der Waals surface area (Å²) in [5.74, 6) is -1.44. The van der Waals surface area contributed by atoms with E-state index in [1.807, 2.05) is 0 Å². The van der Waals surface area contributed by atoms with Crippen molar-refractivity contribution in [1.82, 2.24) is 4.90 Å². The fraction of sp³-hybridized carbons (Fsp3) is 0.526. The number of carbonyl (C=O) groups is 3. The monoisotopic (exact) mass is 360 g/mol. The van der Waals surface area contributed by atoms with Crippen LogP contribution >= 0.6 is 0 Å². The Kier molecular flexibility index (Phi) is 5.88. The number of aliphatic carboxylic acids is 1. The molecule has 2 unspecified atom stereocenters. The number of likely N-dealkylation sites (tertiary alicyclic amines) is 1. The molecule has 7 nitrogen and oxygen atoms in total. The van der Waals surface area contributed by atoms with E-state index in [0.717, 1.165) is 25.7 Å². The summed E-state index contributed by atoms with van der Waals surface area (Å²) in [6.07, 6.45) is 4.20. The molecule has 0 bridgehead atoms. The van der Waals surface area contributed by atoms with E-state index < -0.39 is 12.0 Å². The molecule has 2 heterocycles. The third kappa shape index (κ3) is 4.40. The van der Waals surface area contributed by atoms with Crippen LogP contribution in [0.25, 0.3) is 0 Å². The topological polar surface area (TPSA) is 95.9 Å². The van der Waals surface area contributed by atoms with Crippen molar-refractivity contribution in [2.24, 2.45) is 0 Å². The number of amides is 2. The molecule has 2 saturated heterocycles. The molecule has 2 fully saturated rings. The van der Waals surface area contributed by atoms with Gasteiger partial charge < -0.3 is 20.1 Å². The lowest BCUT2D eigenvalue weighted by molar-refractivity contribution is -0.143. The molecule has 7 heteroatoms. The van der Waals surface area contributed by atoms with Crippen LogP contribution in [0, 0.1) is 0 Å². The number of rotatable bonds is 5. The van der Waals surface area contributed by atoms with Crippen LogP contribution in [-0.2, 0) is 14.3 Å². The average Bonchev–Trinajstić information content (AvgIpc) is 3.14. The van der Waals surface area contributed by atoms with Crippen LogP contribution in [0.1, 0.15) is 48.9 Å². The molecule has 2 aliphatic rings. The number of hydrogen-bond acceptors (Lipinski definition) is 4. The number of nitrogens with one attached hydrogen (secondary N) is 1. The van der Waals surface area contributed by atoms with Crippen LogP contribution in [0.15, 0.2) is 24.3 Å². The second-order valence-electron chi connectivity index (χ2n) is 6.82. The third-order valence-electron chi connectivity index (χ3n) is 4.88. The van der Waals surface area contributed by atoms with Gasteiger partial charge in [0.2, 0.25) is 5.91 Å². The lowest BCUT2D eigenvalue weighted by Gasteiger charge is -2.33. The van der Waals surface area contributed by atoms with Crippen LogP contribution in [-0.4, -0.2) is 53.1 Å². The summed E-state index contributed by atoms with van der Waals surface area (Å²) in [6, 6.07) is 5.87. The van der Waals surface area contributed by atoms with E-state index in [0.29, 0.717) is 37.2 Å². The first-order valence-electron chi connectivity index (χ1n) is 9.10. The lowest BCUT2D eigenvalue weighted by Crippen LogP contribution is -2.48. The molecule has 0 spiro atoms. The van der Waals surface area contributed by atoms with Gasteiger partial charge in [-0.2, -0.15) is 0 Å². The predicted octanol–water partition coefficient (Wildman–Crippen LogP) is 2.27. The van der Waals surface area contributed by atoms with Crippen molar-refractivity contribution >= 4 is 23.5 Å². The Morgan fingerprint density at radius 1 is 1.19 bits per heavy atom. The Hall–Kier alpha value is -2.41. The summed E-state index contributed by atoms with van der Waals surface area (Å²) < 4.78 is 5.46. The molecule has 2 atom stereocenters. The number of anilines is 1. The van der Waals surface area contributed by atoms with Crippen molar-refractivity contribution in [1.29, 1.82) is 0 Å². The van der Waals surface area contributed by atoms with Crippen molar-refractivity contribution in [2.45, 2.75) is 50.7 Å². The zero-order valence-corrected chi connectivity index (χ0v) is 14.6. The van der Waals surface area contributed by atoms with E-state index in [4.69, 9.17) is 4.74 Å².